The Bertz CT molecular complexity index is 1430. The van der Waals surface area contributed by atoms with Gasteiger partial charge in [-0.05, 0) is 94.5 Å². The highest BCUT2D eigenvalue weighted by atomic mass is 14.2. The molecule has 186 valence electrons. The maximum absolute atomic E-state index is 2.28. The summed E-state index contributed by atoms with van der Waals surface area (Å²) < 4.78 is 0. The van der Waals surface area contributed by atoms with Crippen LogP contribution in [-0.2, 0) is 0 Å². The molecule has 5 rings (SSSR count). The first-order valence-corrected chi connectivity index (χ1v) is 13.3. The molecule has 38 heavy (non-hydrogen) atoms. The van der Waals surface area contributed by atoms with Gasteiger partial charge in [-0.2, -0.15) is 0 Å². The van der Waals surface area contributed by atoms with Crippen molar-refractivity contribution < 1.29 is 0 Å². The van der Waals surface area contributed by atoms with Crippen molar-refractivity contribution in [3.8, 4) is 22.3 Å². The lowest BCUT2D eigenvalue weighted by Crippen LogP contribution is -1.99. The van der Waals surface area contributed by atoms with Crippen molar-refractivity contribution in [3.63, 3.8) is 0 Å². The highest BCUT2D eigenvalue weighted by Gasteiger charge is 2.11. The molecule has 5 aromatic rings. The van der Waals surface area contributed by atoms with Gasteiger partial charge in [0.05, 0.1) is 0 Å². The van der Waals surface area contributed by atoms with E-state index in [4.69, 9.17) is 0 Å². The highest BCUT2D eigenvalue weighted by Crippen LogP contribution is 2.30. The summed E-state index contributed by atoms with van der Waals surface area (Å²) >= 11 is 0. The standard InChI is InChI=1S/C38H34/c1-27-28(2)38(26-20-32-17-23-36(24-18-32)34-13-9-6-10-14-34)30(4)29(3)37(27)25-19-31-15-21-35(22-16-31)33-11-7-5-8-12-33/h5-26H,1-4H3. The molecule has 0 amide bonds. The molecule has 0 bridgehead atoms. The van der Waals surface area contributed by atoms with E-state index in [0.717, 1.165) is 0 Å². The zero-order valence-corrected chi connectivity index (χ0v) is 22.7. The Morgan fingerprint density at radius 3 is 0.921 bits per heavy atom. The van der Waals surface area contributed by atoms with Gasteiger partial charge in [-0.15, -0.1) is 0 Å². The van der Waals surface area contributed by atoms with Crippen LogP contribution >= 0.6 is 0 Å². The quantitative estimate of drug-likeness (QED) is 0.208. The van der Waals surface area contributed by atoms with E-state index in [9.17, 15) is 0 Å². The summed E-state index contributed by atoms with van der Waals surface area (Å²) in [6.45, 7) is 8.97. The van der Waals surface area contributed by atoms with Gasteiger partial charge in [0.2, 0.25) is 0 Å². The minimum Gasteiger partial charge on any atom is -0.0622 e. The molecule has 0 saturated heterocycles. The topological polar surface area (TPSA) is 0 Å². The van der Waals surface area contributed by atoms with Crippen molar-refractivity contribution in [2.24, 2.45) is 0 Å². The van der Waals surface area contributed by atoms with Crippen molar-refractivity contribution in [2.75, 3.05) is 0 Å². The summed E-state index contributed by atoms with van der Waals surface area (Å²) in [5.41, 5.74) is 15.4. The van der Waals surface area contributed by atoms with Crippen molar-refractivity contribution in [2.45, 2.75) is 27.7 Å². The van der Waals surface area contributed by atoms with Gasteiger partial charge in [0.25, 0.3) is 0 Å². The van der Waals surface area contributed by atoms with Gasteiger partial charge in [-0.25, -0.2) is 0 Å². The van der Waals surface area contributed by atoms with Crippen LogP contribution in [0.25, 0.3) is 46.6 Å². The van der Waals surface area contributed by atoms with Gasteiger partial charge < -0.3 is 0 Å². The average molecular weight is 491 g/mol. The van der Waals surface area contributed by atoms with E-state index in [1.807, 2.05) is 0 Å². The van der Waals surface area contributed by atoms with Gasteiger partial charge >= 0.3 is 0 Å². The SMILES string of the molecule is Cc1c(C)c(C=Cc2ccc(-c3ccccc3)cc2)c(C)c(C)c1C=Cc1ccc(-c2ccccc2)cc1. The Hall–Kier alpha value is -4.42. The van der Waals surface area contributed by atoms with Crippen LogP contribution in [0.4, 0.5) is 0 Å². The number of hydrogen-bond donors (Lipinski definition) is 0. The molecule has 5 aromatic carbocycles. The molecule has 0 saturated carbocycles. The molecule has 0 aliphatic heterocycles. The van der Waals surface area contributed by atoms with E-state index in [1.165, 1.54) is 66.8 Å². The van der Waals surface area contributed by atoms with Gasteiger partial charge in [-0.3, -0.25) is 0 Å². The molecule has 0 heterocycles. The Morgan fingerprint density at radius 1 is 0.316 bits per heavy atom. The zero-order chi connectivity index (χ0) is 26.5. The van der Waals surface area contributed by atoms with Crippen molar-refractivity contribution >= 4 is 24.3 Å². The second-order valence-corrected chi connectivity index (χ2v) is 9.97. The predicted octanol–water partition coefficient (Wildman–Crippen LogP) is 10.6. The zero-order valence-electron chi connectivity index (χ0n) is 22.7. The molecule has 0 radical (unpaired) electrons. The first-order chi connectivity index (χ1) is 18.5. The third-order valence-corrected chi connectivity index (χ3v) is 7.66. The molecule has 0 nitrogen and oxygen atoms in total. The van der Waals surface area contributed by atoms with Gasteiger partial charge in [-0.1, -0.05) is 133 Å². The molecule has 0 fully saturated rings. The minimum absolute atomic E-state index is 1.21. The lowest BCUT2D eigenvalue weighted by atomic mass is 9.88. The molecule has 0 aromatic heterocycles. The molecule has 0 heteroatoms. The summed E-state index contributed by atoms with van der Waals surface area (Å²) in [6, 6.07) is 38.6. The van der Waals surface area contributed by atoms with Gasteiger partial charge in [0.1, 0.15) is 0 Å². The van der Waals surface area contributed by atoms with Crippen LogP contribution in [0.5, 0.6) is 0 Å². The smallest absolute Gasteiger partial charge is 0.0184 e. The summed E-state index contributed by atoms with van der Waals surface area (Å²) in [5.74, 6) is 0. The van der Waals surface area contributed by atoms with E-state index in [2.05, 4.69) is 161 Å². The van der Waals surface area contributed by atoms with Crippen LogP contribution in [0.2, 0.25) is 0 Å². The van der Waals surface area contributed by atoms with Gasteiger partial charge in [0.15, 0.2) is 0 Å². The largest absolute Gasteiger partial charge is 0.0622 e. The second kappa shape index (κ2) is 11.3. The summed E-state index contributed by atoms with van der Waals surface area (Å²) in [4.78, 5) is 0. The Morgan fingerprint density at radius 2 is 0.605 bits per heavy atom. The van der Waals surface area contributed by atoms with E-state index in [-0.39, 0.29) is 0 Å². The summed E-state index contributed by atoms with van der Waals surface area (Å²) in [6.07, 6.45) is 9.01. The van der Waals surface area contributed by atoms with Crippen LogP contribution in [0, 0.1) is 27.7 Å². The fourth-order valence-electron chi connectivity index (χ4n) is 5.06. The minimum atomic E-state index is 1.21. The second-order valence-electron chi connectivity index (χ2n) is 9.97. The normalized spacial score (nSPS) is 11.5. The lowest BCUT2D eigenvalue weighted by molar-refractivity contribution is 1.21. The molecule has 0 atom stereocenters. The van der Waals surface area contributed by atoms with Crippen LogP contribution in [0.1, 0.15) is 44.5 Å². The van der Waals surface area contributed by atoms with Crippen molar-refractivity contribution in [3.05, 3.63) is 154 Å². The van der Waals surface area contributed by atoms with Crippen LogP contribution in [0.3, 0.4) is 0 Å². The van der Waals surface area contributed by atoms with Crippen LogP contribution in [0.15, 0.2) is 109 Å². The maximum atomic E-state index is 2.28. The fraction of sp³-hybridized carbons (Fsp3) is 0.105. The molecular formula is C38H34. The molecule has 0 unspecified atom stereocenters. The Kier molecular flexibility index (Phi) is 7.52. The first-order valence-electron chi connectivity index (χ1n) is 13.3. The van der Waals surface area contributed by atoms with Crippen molar-refractivity contribution in [1.82, 2.24) is 0 Å². The van der Waals surface area contributed by atoms with Crippen LogP contribution in [-0.4, -0.2) is 0 Å². The maximum Gasteiger partial charge on any atom is -0.0184 e. The lowest BCUT2D eigenvalue weighted by Gasteiger charge is -2.17. The Balaban J connectivity index is 1.37. The van der Waals surface area contributed by atoms with E-state index >= 15 is 0 Å². The predicted molar refractivity (Wildman–Crippen MR) is 167 cm³/mol. The summed E-state index contributed by atoms with van der Waals surface area (Å²) in [7, 11) is 0. The molecular weight excluding hydrogens is 456 g/mol. The number of benzene rings is 5. The first kappa shape index (κ1) is 25.2. The average Bonchev–Trinajstić information content (AvgIpc) is 2.98. The van der Waals surface area contributed by atoms with Crippen LogP contribution < -0.4 is 0 Å². The third-order valence-electron chi connectivity index (χ3n) is 7.66. The van der Waals surface area contributed by atoms with Crippen molar-refractivity contribution in [1.29, 1.82) is 0 Å². The van der Waals surface area contributed by atoms with Gasteiger partial charge in [0, 0.05) is 0 Å². The van der Waals surface area contributed by atoms with E-state index < -0.39 is 0 Å². The van der Waals surface area contributed by atoms with E-state index in [1.54, 1.807) is 0 Å². The molecule has 0 N–H and O–H groups in total. The Labute approximate surface area is 227 Å². The van der Waals surface area contributed by atoms with E-state index in [0.29, 0.717) is 0 Å². The molecule has 0 spiro atoms. The third kappa shape index (κ3) is 5.45. The number of hydrogen-bond acceptors (Lipinski definition) is 0. The highest BCUT2D eigenvalue weighted by molar-refractivity contribution is 5.80. The monoisotopic (exact) mass is 490 g/mol. The number of rotatable bonds is 6. The molecule has 0 aliphatic carbocycles. The molecule has 0 aliphatic rings. The fourth-order valence-corrected chi connectivity index (χ4v) is 5.06. The summed E-state index contributed by atoms with van der Waals surface area (Å²) in [5, 5.41) is 0.